The Hall–Kier alpha value is -3.81. The highest BCUT2D eigenvalue weighted by molar-refractivity contribution is 5.98. The smallest absolute Gasteiger partial charge is 0.295 e. The van der Waals surface area contributed by atoms with Gasteiger partial charge in [0.2, 0.25) is 0 Å². The molecule has 0 fully saturated rings. The fraction of sp³-hybridized carbons (Fsp3) is 0.105. The van der Waals surface area contributed by atoms with Crippen LogP contribution >= 0.6 is 0 Å². The Kier molecular flexibility index (Phi) is 4.00. The summed E-state index contributed by atoms with van der Waals surface area (Å²) in [7, 11) is 1.39. The Balaban J connectivity index is 1.74. The van der Waals surface area contributed by atoms with E-state index in [1.165, 1.54) is 36.2 Å². The lowest BCUT2D eigenvalue weighted by molar-refractivity contribution is 0.0990. The number of aromatic nitrogens is 4. The number of phenols is 1. The molecule has 0 radical (unpaired) electrons. The van der Waals surface area contributed by atoms with E-state index in [0.29, 0.717) is 22.1 Å². The molecule has 0 saturated carbocycles. The van der Waals surface area contributed by atoms with Crippen molar-refractivity contribution in [1.29, 1.82) is 0 Å². The molecule has 0 aliphatic heterocycles. The van der Waals surface area contributed by atoms with Crippen molar-refractivity contribution in [2.75, 3.05) is 7.11 Å². The third-order valence-corrected chi connectivity index (χ3v) is 4.18. The molecule has 2 aromatic carbocycles. The van der Waals surface area contributed by atoms with Gasteiger partial charge in [0.05, 0.1) is 19.0 Å². The number of carbonyl (C=O) groups is 1. The number of carbonyl (C=O) groups excluding carboxylic acids is 1. The zero-order valence-corrected chi connectivity index (χ0v) is 14.3. The Bertz CT molecular complexity index is 1250. The summed E-state index contributed by atoms with van der Waals surface area (Å²) >= 11 is 0. The standard InChI is InChI=1S/C19H14N4O4/c1-27-17-8-11(6-7-15(17)24)16(25)9-14-19(26)21-18-12-4-2-3-5-13(12)20-10-23(18)22-14/h2-8,10,24H,9H2,1H3. The number of aromatic hydroxyl groups is 1. The highest BCUT2D eigenvalue weighted by Crippen LogP contribution is 2.26. The van der Waals surface area contributed by atoms with Gasteiger partial charge in [0.15, 0.2) is 22.9 Å². The SMILES string of the molecule is COc1cc(C(=O)Cc2nn3cnc4ccccc4c3nc2=O)ccc1O. The van der Waals surface area contributed by atoms with Crippen molar-refractivity contribution >= 4 is 22.3 Å². The summed E-state index contributed by atoms with van der Waals surface area (Å²) in [5.74, 6) is -0.233. The molecular weight excluding hydrogens is 348 g/mol. The first kappa shape index (κ1) is 16.6. The zero-order valence-electron chi connectivity index (χ0n) is 14.3. The first-order valence-corrected chi connectivity index (χ1v) is 8.10. The maximum Gasteiger partial charge on any atom is 0.295 e. The number of rotatable bonds is 4. The highest BCUT2D eigenvalue weighted by Gasteiger charge is 2.16. The molecule has 2 aromatic heterocycles. The summed E-state index contributed by atoms with van der Waals surface area (Å²) in [6.45, 7) is 0. The van der Waals surface area contributed by atoms with Gasteiger partial charge in [-0.2, -0.15) is 10.1 Å². The predicted octanol–water partition coefficient (Wildman–Crippen LogP) is 1.78. The minimum atomic E-state index is -0.564. The van der Waals surface area contributed by atoms with Gasteiger partial charge in [0.1, 0.15) is 12.0 Å². The first-order valence-electron chi connectivity index (χ1n) is 8.10. The molecule has 0 amide bonds. The number of ether oxygens (including phenoxy) is 1. The molecule has 134 valence electrons. The van der Waals surface area contributed by atoms with E-state index in [4.69, 9.17) is 4.74 Å². The predicted molar refractivity (Wildman–Crippen MR) is 97.3 cm³/mol. The van der Waals surface area contributed by atoms with Gasteiger partial charge in [-0.15, -0.1) is 0 Å². The minimum Gasteiger partial charge on any atom is -0.504 e. The summed E-state index contributed by atoms with van der Waals surface area (Å²) < 4.78 is 6.40. The second kappa shape index (κ2) is 6.49. The van der Waals surface area contributed by atoms with Gasteiger partial charge in [0.25, 0.3) is 5.56 Å². The van der Waals surface area contributed by atoms with Crippen LogP contribution in [0.25, 0.3) is 16.6 Å². The lowest BCUT2D eigenvalue weighted by Gasteiger charge is -2.07. The fourth-order valence-electron chi connectivity index (χ4n) is 2.80. The van der Waals surface area contributed by atoms with Crippen molar-refractivity contribution in [2.24, 2.45) is 0 Å². The maximum atomic E-state index is 12.5. The molecule has 0 spiro atoms. The number of nitrogens with zero attached hydrogens (tertiary/aromatic N) is 4. The van der Waals surface area contributed by atoms with Gasteiger partial charge >= 0.3 is 0 Å². The maximum absolute atomic E-state index is 12.5. The molecule has 4 rings (SSSR count). The third kappa shape index (κ3) is 2.97. The van der Waals surface area contributed by atoms with Crippen LogP contribution in [0.5, 0.6) is 11.5 Å². The molecule has 4 aromatic rings. The quantitative estimate of drug-likeness (QED) is 0.435. The molecule has 2 heterocycles. The van der Waals surface area contributed by atoms with E-state index >= 15 is 0 Å². The van der Waals surface area contributed by atoms with Crippen LogP contribution in [0, 0.1) is 0 Å². The van der Waals surface area contributed by atoms with E-state index in [-0.39, 0.29) is 29.4 Å². The van der Waals surface area contributed by atoms with Crippen LogP contribution in [0.3, 0.4) is 0 Å². The van der Waals surface area contributed by atoms with E-state index in [1.54, 1.807) is 6.07 Å². The second-order valence-electron chi connectivity index (χ2n) is 5.88. The van der Waals surface area contributed by atoms with E-state index < -0.39 is 5.56 Å². The van der Waals surface area contributed by atoms with Gasteiger partial charge in [-0.05, 0) is 30.3 Å². The van der Waals surface area contributed by atoms with Crippen LogP contribution in [0.2, 0.25) is 0 Å². The third-order valence-electron chi connectivity index (χ3n) is 4.18. The van der Waals surface area contributed by atoms with Gasteiger partial charge in [-0.25, -0.2) is 9.50 Å². The van der Waals surface area contributed by atoms with Crippen LogP contribution in [0.4, 0.5) is 0 Å². The highest BCUT2D eigenvalue weighted by atomic mass is 16.5. The Morgan fingerprint density at radius 1 is 1.22 bits per heavy atom. The molecule has 0 bridgehead atoms. The number of methoxy groups -OCH3 is 1. The lowest BCUT2D eigenvalue weighted by Crippen LogP contribution is -2.22. The van der Waals surface area contributed by atoms with E-state index in [2.05, 4.69) is 15.1 Å². The van der Waals surface area contributed by atoms with E-state index in [1.807, 2.05) is 18.2 Å². The van der Waals surface area contributed by atoms with Crippen LogP contribution in [-0.4, -0.2) is 37.6 Å². The summed E-state index contributed by atoms with van der Waals surface area (Å²) in [5, 5.41) is 14.6. The molecule has 0 saturated heterocycles. The van der Waals surface area contributed by atoms with E-state index in [0.717, 1.165) is 0 Å². The van der Waals surface area contributed by atoms with Crippen molar-refractivity contribution in [3.63, 3.8) is 0 Å². The number of hydrogen-bond donors (Lipinski definition) is 1. The van der Waals surface area contributed by atoms with Crippen molar-refractivity contribution in [1.82, 2.24) is 19.6 Å². The van der Waals surface area contributed by atoms with Gasteiger partial charge in [0, 0.05) is 10.9 Å². The van der Waals surface area contributed by atoms with Gasteiger partial charge < -0.3 is 9.84 Å². The van der Waals surface area contributed by atoms with Crippen LogP contribution < -0.4 is 10.3 Å². The number of fused-ring (bicyclic) bond motifs is 3. The Morgan fingerprint density at radius 2 is 2.04 bits per heavy atom. The average Bonchev–Trinajstić information content (AvgIpc) is 2.69. The number of para-hydroxylation sites is 1. The summed E-state index contributed by atoms with van der Waals surface area (Å²) in [4.78, 5) is 33.3. The Morgan fingerprint density at radius 3 is 2.85 bits per heavy atom. The van der Waals surface area contributed by atoms with Crippen molar-refractivity contribution in [3.8, 4) is 11.5 Å². The molecule has 1 N–H and O–H groups in total. The molecule has 8 heteroatoms. The van der Waals surface area contributed by atoms with E-state index in [9.17, 15) is 14.7 Å². The minimum absolute atomic E-state index is 0.0154. The van der Waals surface area contributed by atoms with Crippen molar-refractivity contribution in [3.05, 3.63) is 70.4 Å². The molecule has 0 aliphatic rings. The zero-order chi connectivity index (χ0) is 19.0. The Labute approximate surface area is 152 Å². The number of phenolic OH excluding ortho intramolecular Hbond substituents is 1. The summed E-state index contributed by atoms with van der Waals surface area (Å²) in [5.41, 5.74) is 0.832. The van der Waals surface area contributed by atoms with Gasteiger partial charge in [-0.3, -0.25) is 9.59 Å². The summed E-state index contributed by atoms with van der Waals surface area (Å²) in [6, 6.07) is 11.5. The molecule has 0 unspecified atom stereocenters. The average molecular weight is 362 g/mol. The molecule has 8 nitrogen and oxygen atoms in total. The topological polar surface area (TPSA) is 107 Å². The number of benzene rings is 2. The molecule has 27 heavy (non-hydrogen) atoms. The summed E-state index contributed by atoms with van der Waals surface area (Å²) in [6.07, 6.45) is 1.23. The molecule has 0 atom stereocenters. The number of hydrogen-bond acceptors (Lipinski definition) is 7. The normalized spacial score (nSPS) is 11.0. The largest absolute Gasteiger partial charge is 0.504 e. The molecular formula is C19H14N4O4. The van der Waals surface area contributed by atoms with Crippen LogP contribution in [0.15, 0.2) is 53.6 Å². The van der Waals surface area contributed by atoms with Crippen molar-refractivity contribution < 1.29 is 14.6 Å². The fourth-order valence-corrected chi connectivity index (χ4v) is 2.80. The monoisotopic (exact) mass is 362 g/mol. The van der Waals surface area contributed by atoms with Crippen LogP contribution in [0.1, 0.15) is 16.1 Å². The first-order chi connectivity index (χ1) is 13.1. The van der Waals surface area contributed by atoms with Crippen molar-refractivity contribution in [2.45, 2.75) is 6.42 Å². The second-order valence-corrected chi connectivity index (χ2v) is 5.88. The van der Waals surface area contributed by atoms with Gasteiger partial charge in [-0.1, -0.05) is 12.1 Å². The number of ketones is 1. The number of Topliss-reactive ketones (excluding diaryl/α,β-unsaturated/α-hetero) is 1. The van der Waals surface area contributed by atoms with Crippen LogP contribution in [-0.2, 0) is 6.42 Å². The lowest BCUT2D eigenvalue weighted by atomic mass is 10.1. The molecule has 0 aliphatic carbocycles.